The van der Waals surface area contributed by atoms with Gasteiger partial charge in [0.15, 0.2) is 10.4 Å². The summed E-state index contributed by atoms with van der Waals surface area (Å²) in [6.45, 7) is 0. The summed E-state index contributed by atoms with van der Waals surface area (Å²) in [6.07, 6.45) is 0. The number of hydrogen-bond acceptors (Lipinski definition) is 3. The van der Waals surface area contributed by atoms with Crippen LogP contribution in [0.2, 0.25) is 0 Å². The van der Waals surface area contributed by atoms with Gasteiger partial charge in [-0.2, -0.15) is 0 Å². The number of ketones is 1. The third-order valence-electron chi connectivity index (χ3n) is 5.95. The highest BCUT2D eigenvalue weighted by Gasteiger charge is 2.35. The Hall–Kier alpha value is -3.21. The van der Waals surface area contributed by atoms with Gasteiger partial charge < -0.3 is 0 Å². The molecule has 0 aliphatic carbocycles. The maximum atomic E-state index is 14.0. The van der Waals surface area contributed by atoms with E-state index in [4.69, 9.17) is 0 Å². The van der Waals surface area contributed by atoms with E-state index in [2.05, 4.69) is 36.4 Å². The molecule has 32 heavy (non-hydrogen) atoms. The van der Waals surface area contributed by atoms with E-state index in [1.807, 2.05) is 54.6 Å². The largest absolute Gasteiger partial charge is 0.292 e. The van der Waals surface area contributed by atoms with Crippen molar-refractivity contribution in [2.75, 3.05) is 0 Å². The lowest BCUT2D eigenvalue weighted by Gasteiger charge is -2.14. The maximum absolute atomic E-state index is 14.0. The predicted molar refractivity (Wildman–Crippen MR) is 134 cm³/mol. The highest BCUT2D eigenvalue weighted by molar-refractivity contribution is 8.12. The normalized spacial score (nSPS) is 17.5. The second-order valence-corrected chi connectivity index (χ2v) is 10.7. The molecular formula is C28H18O2S2. The summed E-state index contributed by atoms with van der Waals surface area (Å²) in [5.74, 6) is -0.103. The molecule has 1 unspecified atom stereocenters. The molecule has 154 valence electrons. The molecule has 4 heteroatoms. The number of fused-ring (bicyclic) bond motifs is 7. The van der Waals surface area contributed by atoms with E-state index in [1.54, 1.807) is 12.1 Å². The van der Waals surface area contributed by atoms with E-state index in [0.29, 0.717) is 5.56 Å². The lowest BCUT2D eigenvalue weighted by molar-refractivity contribution is 0.101. The van der Waals surface area contributed by atoms with Crippen LogP contribution in [-0.2, 0) is 10.8 Å². The zero-order valence-corrected chi connectivity index (χ0v) is 18.7. The molecule has 0 radical (unpaired) electrons. The first-order valence-corrected chi connectivity index (χ1v) is 12.5. The first-order valence-electron chi connectivity index (χ1n) is 10.4. The van der Waals surface area contributed by atoms with Crippen LogP contribution in [0.4, 0.5) is 0 Å². The van der Waals surface area contributed by atoms with Crippen LogP contribution in [0.15, 0.2) is 113 Å². The van der Waals surface area contributed by atoms with E-state index in [9.17, 15) is 9.00 Å². The van der Waals surface area contributed by atoms with Gasteiger partial charge in [0, 0.05) is 26.5 Å². The predicted octanol–water partition coefficient (Wildman–Crippen LogP) is 7.08. The van der Waals surface area contributed by atoms with Gasteiger partial charge in [0.05, 0.1) is 10.8 Å². The number of benzene rings is 5. The Morgan fingerprint density at radius 3 is 1.97 bits per heavy atom. The topological polar surface area (TPSA) is 34.1 Å². The van der Waals surface area contributed by atoms with Gasteiger partial charge in [-0.05, 0) is 33.7 Å². The highest BCUT2D eigenvalue weighted by atomic mass is 32.2. The zero-order valence-electron chi connectivity index (χ0n) is 17.0. The summed E-state index contributed by atoms with van der Waals surface area (Å²) in [7, 11) is -1.51. The van der Waals surface area contributed by atoms with Crippen LogP contribution in [0.3, 0.4) is 0 Å². The Bertz CT molecular complexity index is 1540. The van der Waals surface area contributed by atoms with Gasteiger partial charge in [0.1, 0.15) is 0 Å². The summed E-state index contributed by atoms with van der Waals surface area (Å²) in [6, 6.07) is 33.8. The minimum Gasteiger partial charge on any atom is -0.292 e. The molecule has 0 bridgehead atoms. The third-order valence-corrected chi connectivity index (χ3v) is 9.16. The molecule has 1 aliphatic heterocycles. The SMILES string of the molecule is O=C(c1ccccc1)[C@H]1Sc2ccc3ccccc3c2-c2c(ccc3ccccc23)S1=O. The molecule has 0 spiro atoms. The number of carbonyl (C=O) groups excluding carboxylic acids is 1. The van der Waals surface area contributed by atoms with E-state index < -0.39 is 15.4 Å². The van der Waals surface area contributed by atoms with Crippen molar-refractivity contribution >= 4 is 49.9 Å². The molecule has 5 aromatic rings. The number of Topliss-reactive ketones (excluding diaryl/α,β-unsaturated/α-hetero) is 1. The van der Waals surface area contributed by atoms with Gasteiger partial charge in [-0.15, -0.1) is 0 Å². The monoisotopic (exact) mass is 450 g/mol. The van der Waals surface area contributed by atoms with E-state index in [1.165, 1.54) is 11.8 Å². The fourth-order valence-electron chi connectivity index (χ4n) is 4.45. The Morgan fingerprint density at radius 2 is 1.25 bits per heavy atom. The van der Waals surface area contributed by atoms with Crippen molar-refractivity contribution in [3.05, 3.63) is 109 Å². The van der Waals surface area contributed by atoms with Crippen LogP contribution in [0.5, 0.6) is 0 Å². The first kappa shape index (κ1) is 19.5. The summed E-state index contributed by atoms with van der Waals surface area (Å²) in [5, 5.41) is 4.40. The van der Waals surface area contributed by atoms with Gasteiger partial charge >= 0.3 is 0 Å². The van der Waals surface area contributed by atoms with Gasteiger partial charge in [-0.3, -0.25) is 9.00 Å². The first-order chi connectivity index (χ1) is 15.7. The molecule has 0 amide bonds. The highest BCUT2D eigenvalue weighted by Crippen LogP contribution is 2.49. The molecule has 5 aromatic carbocycles. The van der Waals surface area contributed by atoms with Crippen molar-refractivity contribution in [3.63, 3.8) is 0 Å². The van der Waals surface area contributed by atoms with Gasteiger partial charge in [0.2, 0.25) is 0 Å². The number of thioether (sulfide) groups is 1. The summed E-state index contributed by atoms with van der Waals surface area (Å²) < 4.78 is 13.3. The Balaban J connectivity index is 1.69. The van der Waals surface area contributed by atoms with Crippen LogP contribution >= 0.6 is 11.8 Å². The summed E-state index contributed by atoms with van der Waals surface area (Å²) in [5.41, 5.74) is 2.63. The van der Waals surface area contributed by atoms with Crippen molar-refractivity contribution in [1.29, 1.82) is 0 Å². The van der Waals surface area contributed by atoms with Crippen molar-refractivity contribution in [1.82, 2.24) is 0 Å². The van der Waals surface area contributed by atoms with E-state index >= 15 is 0 Å². The Labute approximate surface area is 192 Å². The van der Waals surface area contributed by atoms with Gasteiger partial charge in [0.25, 0.3) is 0 Å². The van der Waals surface area contributed by atoms with Crippen LogP contribution in [0, 0.1) is 0 Å². The fraction of sp³-hybridized carbons (Fsp3) is 0.0357. The second-order valence-electron chi connectivity index (χ2n) is 7.80. The number of rotatable bonds is 2. The van der Waals surface area contributed by atoms with Crippen molar-refractivity contribution < 1.29 is 9.00 Å². The minimum absolute atomic E-state index is 0.103. The molecule has 1 aliphatic rings. The lowest BCUT2D eigenvalue weighted by Crippen LogP contribution is -2.22. The molecule has 0 aromatic heterocycles. The van der Waals surface area contributed by atoms with Crippen LogP contribution in [-0.4, -0.2) is 14.6 Å². The molecule has 1 heterocycles. The smallest absolute Gasteiger partial charge is 0.189 e. The van der Waals surface area contributed by atoms with Crippen molar-refractivity contribution in [2.45, 2.75) is 14.4 Å². The fourth-order valence-corrected chi connectivity index (χ4v) is 7.55. The standard InChI is InChI=1S/C28H18O2S2/c29-27(20-10-2-1-3-11-20)28-31-23-16-14-18-8-4-6-12-21(18)25(23)26-22-13-7-5-9-19(22)15-17-24(26)32(28)30/h1-17,28H/t28-,32?/m0/s1. The van der Waals surface area contributed by atoms with E-state index in [-0.39, 0.29) is 5.78 Å². The molecule has 0 fully saturated rings. The van der Waals surface area contributed by atoms with Crippen molar-refractivity contribution in [3.8, 4) is 11.1 Å². The van der Waals surface area contributed by atoms with E-state index in [0.717, 1.165) is 42.5 Å². The Kier molecular flexibility index (Phi) is 4.71. The Morgan fingerprint density at radius 1 is 0.656 bits per heavy atom. The van der Waals surface area contributed by atoms with Gasteiger partial charge in [-0.25, -0.2) is 0 Å². The number of hydrogen-bond donors (Lipinski definition) is 0. The zero-order chi connectivity index (χ0) is 21.7. The molecule has 0 saturated carbocycles. The average molecular weight is 451 g/mol. The molecule has 2 atom stereocenters. The lowest BCUT2D eigenvalue weighted by atomic mass is 9.94. The molecule has 0 saturated heterocycles. The summed E-state index contributed by atoms with van der Waals surface area (Å²) >= 11 is 1.42. The summed E-state index contributed by atoms with van der Waals surface area (Å²) in [4.78, 5) is 15.2. The second kappa shape index (κ2) is 7.73. The van der Waals surface area contributed by atoms with Crippen molar-refractivity contribution in [2.24, 2.45) is 0 Å². The quantitative estimate of drug-likeness (QED) is 0.269. The number of carbonyl (C=O) groups is 1. The maximum Gasteiger partial charge on any atom is 0.189 e. The molecule has 6 rings (SSSR count). The molecular weight excluding hydrogens is 432 g/mol. The van der Waals surface area contributed by atoms with Crippen LogP contribution in [0.1, 0.15) is 10.4 Å². The minimum atomic E-state index is -1.51. The van der Waals surface area contributed by atoms with Crippen LogP contribution in [0.25, 0.3) is 32.7 Å². The average Bonchev–Trinajstić information content (AvgIpc) is 2.99. The van der Waals surface area contributed by atoms with Crippen LogP contribution < -0.4 is 0 Å². The third kappa shape index (κ3) is 3.02. The molecule has 0 N–H and O–H groups in total. The van der Waals surface area contributed by atoms with Gasteiger partial charge in [-0.1, -0.05) is 103 Å². The molecule has 2 nitrogen and oxygen atoms in total.